The number of hydrogen-bond donors (Lipinski definition) is 1. The standard InChI is InChI=1S/C30H31N3O3/c1-5-22-15-17-24(18-16-22)29(35)32(6-2)19-26(34)27-28(23-12-8-7-9-13-23)31-33(30(27)36)25-14-10-11-20(3)21(25)4/h7-18,31H,5-6,19H2,1-4H3. The van der Waals surface area contributed by atoms with Crippen LogP contribution in [0.15, 0.2) is 77.6 Å². The van der Waals surface area contributed by atoms with Crippen molar-refractivity contribution in [3.05, 3.63) is 111 Å². The van der Waals surface area contributed by atoms with E-state index in [1.165, 1.54) is 9.58 Å². The van der Waals surface area contributed by atoms with Crippen LogP contribution in [0.25, 0.3) is 16.9 Å². The lowest BCUT2D eigenvalue weighted by Crippen LogP contribution is -2.37. The van der Waals surface area contributed by atoms with Gasteiger partial charge in [-0.05, 0) is 62.1 Å². The number of aromatic amines is 1. The number of aryl methyl sites for hydroxylation is 2. The second kappa shape index (κ2) is 10.6. The third-order valence-electron chi connectivity index (χ3n) is 6.66. The van der Waals surface area contributed by atoms with Crippen LogP contribution in [0.1, 0.15) is 51.3 Å². The molecule has 6 nitrogen and oxygen atoms in total. The molecular formula is C30H31N3O3. The summed E-state index contributed by atoms with van der Waals surface area (Å²) in [6.45, 7) is 7.97. The maximum absolute atomic E-state index is 13.7. The van der Waals surface area contributed by atoms with Gasteiger partial charge in [0, 0.05) is 17.7 Å². The van der Waals surface area contributed by atoms with Crippen molar-refractivity contribution in [1.82, 2.24) is 14.7 Å². The van der Waals surface area contributed by atoms with E-state index in [-0.39, 0.29) is 18.0 Å². The Labute approximate surface area is 211 Å². The minimum absolute atomic E-state index is 0.0506. The van der Waals surface area contributed by atoms with Crippen LogP contribution in [0.5, 0.6) is 0 Å². The summed E-state index contributed by atoms with van der Waals surface area (Å²) >= 11 is 0. The molecule has 0 unspecified atom stereocenters. The second-order valence-corrected chi connectivity index (χ2v) is 8.88. The third kappa shape index (κ3) is 4.80. The highest BCUT2D eigenvalue weighted by Gasteiger charge is 2.26. The highest BCUT2D eigenvalue weighted by molar-refractivity contribution is 6.05. The fourth-order valence-electron chi connectivity index (χ4n) is 4.30. The van der Waals surface area contributed by atoms with Gasteiger partial charge in [-0.1, -0.05) is 61.5 Å². The zero-order chi connectivity index (χ0) is 25.8. The van der Waals surface area contributed by atoms with E-state index in [1.54, 1.807) is 12.1 Å². The van der Waals surface area contributed by atoms with Crippen LogP contribution in [0.4, 0.5) is 0 Å². The van der Waals surface area contributed by atoms with Gasteiger partial charge in [0.2, 0.25) is 0 Å². The molecular weight excluding hydrogens is 450 g/mol. The summed E-state index contributed by atoms with van der Waals surface area (Å²) in [7, 11) is 0. The second-order valence-electron chi connectivity index (χ2n) is 8.88. The lowest BCUT2D eigenvalue weighted by atomic mass is 10.0. The molecule has 3 aromatic carbocycles. The summed E-state index contributed by atoms with van der Waals surface area (Å²) in [5.41, 5.74) is 5.13. The lowest BCUT2D eigenvalue weighted by Gasteiger charge is -2.20. The maximum Gasteiger partial charge on any atom is 0.282 e. The smallest absolute Gasteiger partial charge is 0.282 e. The number of carbonyl (C=O) groups is 2. The molecule has 1 amide bonds. The van der Waals surface area contributed by atoms with Crippen molar-refractivity contribution in [3.63, 3.8) is 0 Å². The average molecular weight is 482 g/mol. The Kier molecular flexibility index (Phi) is 7.34. The number of nitrogens with one attached hydrogen (secondary N) is 1. The molecule has 0 atom stereocenters. The molecule has 0 saturated heterocycles. The monoisotopic (exact) mass is 481 g/mol. The van der Waals surface area contributed by atoms with Crippen LogP contribution in [0, 0.1) is 13.8 Å². The molecule has 4 rings (SSSR count). The lowest BCUT2D eigenvalue weighted by molar-refractivity contribution is 0.0717. The predicted molar refractivity (Wildman–Crippen MR) is 143 cm³/mol. The van der Waals surface area contributed by atoms with Gasteiger partial charge in [0.05, 0.1) is 17.9 Å². The highest BCUT2D eigenvalue weighted by atomic mass is 16.2. The first-order valence-corrected chi connectivity index (χ1v) is 12.2. The number of benzene rings is 3. The van der Waals surface area contributed by atoms with Crippen molar-refractivity contribution < 1.29 is 9.59 Å². The van der Waals surface area contributed by atoms with Gasteiger partial charge in [0.15, 0.2) is 5.78 Å². The Bertz CT molecular complexity index is 1450. The summed E-state index contributed by atoms with van der Waals surface area (Å²) in [4.78, 5) is 41.9. The van der Waals surface area contributed by atoms with Gasteiger partial charge in [-0.2, -0.15) is 0 Å². The first-order chi connectivity index (χ1) is 17.3. The van der Waals surface area contributed by atoms with Crippen LogP contribution in [-0.2, 0) is 6.42 Å². The van der Waals surface area contributed by atoms with Crippen molar-refractivity contribution >= 4 is 11.7 Å². The summed E-state index contributed by atoms with van der Waals surface area (Å²) in [5.74, 6) is -0.639. The average Bonchev–Trinajstić information content (AvgIpc) is 3.25. The van der Waals surface area contributed by atoms with E-state index in [4.69, 9.17) is 0 Å². The molecule has 0 aliphatic carbocycles. The van der Waals surface area contributed by atoms with E-state index in [0.717, 1.165) is 28.7 Å². The number of likely N-dealkylation sites (N-methyl/N-ethyl adjacent to an activating group) is 1. The van der Waals surface area contributed by atoms with Crippen molar-refractivity contribution in [2.24, 2.45) is 0 Å². The molecule has 4 aromatic rings. The number of Topliss-reactive ketones (excluding diaryl/α,β-unsaturated/α-hetero) is 1. The van der Waals surface area contributed by atoms with E-state index in [2.05, 4.69) is 12.0 Å². The Hall–Kier alpha value is -4.19. The van der Waals surface area contributed by atoms with Gasteiger partial charge in [-0.3, -0.25) is 19.5 Å². The van der Waals surface area contributed by atoms with E-state index in [1.807, 2.05) is 81.4 Å². The Morgan fingerprint density at radius 1 is 0.889 bits per heavy atom. The molecule has 0 spiro atoms. The number of nitrogens with zero attached hydrogens (tertiary/aromatic N) is 2. The molecule has 1 aromatic heterocycles. The predicted octanol–water partition coefficient (Wildman–Crippen LogP) is 5.36. The number of H-pyrrole nitrogens is 1. The normalized spacial score (nSPS) is 10.9. The van der Waals surface area contributed by atoms with Gasteiger partial charge in [-0.15, -0.1) is 0 Å². The number of carbonyl (C=O) groups excluding carboxylic acids is 2. The van der Waals surface area contributed by atoms with Crippen molar-refractivity contribution in [1.29, 1.82) is 0 Å². The summed E-state index contributed by atoms with van der Waals surface area (Å²) < 4.78 is 1.43. The summed E-state index contributed by atoms with van der Waals surface area (Å²) in [6, 6.07) is 22.4. The number of ketones is 1. The van der Waals surface area contributed by atoms with E-state index >= 15 is 0 Å². The topological polar surface area (TPSA) is 75.2 Å². The number of amides is 1. The first-order valence-electron chi connectivity index (χ1n) is 12.2. The van der Waals surface area contributed by atoms with Crippen LogP contribution in [0.3, 0.4) is 0 Å². The Morgan fingerprint density at radius 3 is 2.22 bits per heavy atom. The van der Waals surface area contributed by atoms with Crippen LogP contribution < -0.4 is 5.56 Å². The van der Waals surface area contributed by atoms with Crippen LogP contribution >= 0.6 is 0 Å². The molecule has 0 saturated carbocycles. The maximum atomic E-state index is 13.7. The van der Waals surface area contributed by atoms with Gasteiger partial charge in [-0.25, -0.2) is 4.68 Å². The highest BCUT2D eigenvalue weighted by Crippen LogP contribution is 2.23. The summed E-state index contributed by atoms with van der Waals surface area (Å²) in [5, 5.41) is 3.18. The minimum Gasteiger partial charge on any atom is -0.331 e. The molecule has 0 fully saturated rings. The quantitative estimate of drug-likeness (QED) is 0.345. The molecule has 1 N–H and O–H groups in total. The van der Waals surface area contributed by atoms with Crippen molar-refractivity contribution in [2.45, 2.75) is 34.1 Å². The molecule has 6 heteroatoms. The van der Waals surface area contributed by atoms with E-state index in [0.29, 0.717) is 23.5 Å². The third-order valence-corrected chi connectivity index (χ3v) is 6.66. The van der Waals surface area contributed by atoms with Crippen molar-refractivity contribution in [3.8, 4) is 16.9 Å². The summed E-state index contributed by atoms with van der Waals surface area (Å²) in [6.07, 6.45) is 0.882. The van der Waals surface area contributed by atoms with Crippen LogP contribution in [0.2, 0.25) is 0 Å². The molecule has 1 heterocycles. The Balaban J connectivity index is 1.75. The molecule has 0 aliphatic rings. The molecule has 0 bridgehead atoms. The van der Waals surface area contributed by atoms with E-state index < -0.39 is 11.3 Å². The van der Waals surface area contributed by atoms with Gasteiger partial charge in [0.25, 0.3) is 11.5 Å². The molecule has 0 aliphatic heterocycles. The molecule has 0 radical (unpaired) electrons. The largest absolute Gasteiger partial charge is 0.331 e. The Morgan fingerprint density at radius 2 is 1.58 bits per heavy atom. The van der Waals surface area contributed by atoms with Gasteiger partial charge >= 0.3 is 0 Å². The minimum atomic E-state index is -0.427. The SMILES string of the molecule is CCc1ccc(C(=O)N(CC)CC(=O)c2c(-c3ccccc3)[nH]n(-c3cccc(C)c3C)c2=O)cc1. The van der Waals surface area contributed by atoms with Crippen LogP contribution in [-0.4, -0.2) is 39.5 Å². The van der Waals surface area contributed by atoms with Gasteiger partial charge < -0.3 is 4.90 Å². The van der Waals surface area contributed by atoms with Gasteiger partial charge in [0.1, 0.15) is 5.56 Å². The zero-order valence-corrected chi connectivity index (χ0v) is 21.2. The van der Waals surface area contributed by atoms with Crippen molar-refractivity contribution in [2.75, 3.05) is 13.1 Å². The number of hydrogen-bond acceptors (Lipinski definition) is 3. The number of rotatable bonds is 8. The number of aromatic nitrogens is 2. The zero-order valence-electron chi connectivity index (χ0n) is 21.2. The van der Waals surface area contributed by atoms with E-state index in [9.17, 15) is 14.4 Å². The molecule has 184 valence electrons. The first kappa shape index (κ1) is 24.9. The fraction of sp³-hybridized carbons (Fsp3) is 0.233. The fourth-order valence-corrected chi connectivity index (χ4v) is 4.30. The molecule has 36 heavy (non-hydrogen) atoms.